The van der Waals surface area contributed by atoms with Crippen LogP contribution in [0.1, 0.15) is 38.2 Å². The number of fused-ring (bicyclic) bond motifs is 1. The highest BCUT2D eigenvalue weighted by Crippen LogP contribution is 2.30. The summed E-state index contributed by atoms with van der Waals surface area (Å²) >= 11 is 0. The smallest absolute Gasteiger partial charge is 0.195 e. The van der Waals surface area contributed by atoms with E-state index in [1.54, 1.807) is 12.1 Å². The quantitative estimate of drug-likeness (QED) is 0.208. The molecule has 4 aromatic rings. The molecule has 0 aromatic heterocycles. The first-order valence-electron chi connectivity index (χ1n) is 10.8. The fourth-order valence-electron chi connectivity index (χ4n) is 3.96. The lowest BCUT2D eigenvalue weighted by Crippen LogP contribution is -1.92. The van der Waals surface area contributed by atoms with Gasteiger partial charge in [-0.2, -0.15) is 0 Å². The van der Waals surface area contributed by atoms with E-state index in [1.807, 2.05) is 24.3 Å². The predicted octanol–water partition coefficient (Wildman–Crippen LogP) is 8.71. The Balaban J connectivity index is 1.52. The van der Waals surface area contributed by atoms with Crippen LogP contribution in [0.4, 0.5) is 13.2 Å². The van der Waals surface area contributed by atoms with Crippen molar-refractivity contribution < 1.29 is 13.2 Å². The second-order valence-electron chi connectivity index (χ2n) is 8.01. The van der Waals surface area contributed by atoms with Gasteiger partial charge in [-0.15, -0.1) is 0 Å². The van der Waals surface area contributed by atoms with Gasteiger partial charge in [0.2, 0.25) is 0 Å². The second kappa shape index (κ2) is 9.38. The summed E-state index contributed by atoms with van der Waals surface area (Å²) in [4.78, 5) is 0. The van der Waals surface area contributed by atoms with E-state index in [0.717, 1.165) is 34.7 Å². The third-order valence-corrected chi connectivity index (χ3v) is 5.80. The zero-order chi connectivity index (χ0) is 21.8. The predicted molar refractivity (Wildman–Crippen MR) is 123 cm³/mol. The fraction of sp³-hybridized carbons (Fsp3) is 0.214. The maximum absolute atomic E-state index is 14.0. The van der Waals surface area contributed by atoms with Gasteiger partial charge in [-0.1, -0.05) is 86.8 Å². The van der Waals surface area contributed by atoms with Gasteiger partial charge in [0.25, 0.3) is 0 Å². The molecule has 0 amide bonds. The third-order valence-electron chi connectivity index (χ3n) is 5.80. The third kappa shape index (κ3) is 4.66. The van der Waals surface area contributed by atoms with E-state index in [2.05, 4.69) is 31.2 Å². The zero-order valence-electron chi connectivity index (χ0n) is 17.6. The lowest BCUT2D eigenvalue weighted by atomic mass is 9.97. The topological polar surface area (TPSA) is 0 Å². The van der Waals surface area contributed by atoms with E-state index in [1.165, 1.54) is 37.3 Å². The average Bonchev–Trinajstić information content (AvgIpc) is 2.81. The van der Waals surface area contributed by atoms with Crippen molar-refractivity contribution in [1.82, 2.24) is 0 Å². The maximum atomic E-state index is 14.0. The van der Waals surface area contributed by atoms with Crippen LogP contribution in [-0.2, 0) is 6.42 Å². The first-order chi connectivity index (χ1) is 15.1. The molecule has 0 nitrogen and oxygen atoms in total. The van der Waals surface area contributed by atoms with Crippen LogP contribution < -0.4 is 0 Å². The summed E-state index contributed by atoms with van der Waals surface area (Å²) in [5, 5.41) is 0.418. The maximum Gasteiger partial charge on any atom is 0.195 e. The van der Waals surface area contributed by atoms with Gasteiger partial charge in [0.05, 0.1) is 0 Å². The summed E-state index contributed by atoms with van der Waals surface area (Å²) in [7, 11) is 0. The van der Waals surface area contributed by atoms with Gasteiger partial charge >= 0.3 is 0 Å². The molecule has 0 spiro atoms. The largest absolute Gasteiger partial charge is 0.204 e. The molecule has 0 bridgehead atoms. The molecule has 0 atom stereocenters. The number of rotatable bonds is 7. The summed E-state index contributed by atoms with van der Waals surface area (Å²) in [5.74, 6) is -3.76. The number of unbranched alkanes of at least 4 members (excludes halogenated alkanes) is 3. The van der Waals surface area contributed by atoms with Gasteiger partial charge in [0, 0.05) is 5.39 Å². The minimum atomic E-state index is -1.43. The molecule has 3 heteroatoms. The van der Waals surface area contributed by atoms with E-state index in [4.69, 9.17) is 0 Å². The minimum absolute atomic E-state index is 0.0778. The first kappa shape index (κ1) is 21.2. The van der Waals surface area contributed by atoms with Crippen LogP contribution in [-0.4, -0.2) is 0 Å². The molecular formula is C28H25F3. The van der Waals surface area contributed by atoms with Crippen LogP contribution in [0.2, 0.25) is 0 Å². The molecule has 0 N–H and O–H groups in total. The minimum Gasteiger partial charge on any atom is -0.204 e. The lowest BCUT2D eigenvalue weighted by molar-refractivity contribution is 0.453. The lowest BCUT2D eigenvalue weighted by Gasteiger charge is -2.08. The Kier molecular flexibility index (Phi) is 6.41. The van der Waals surface area contributed by atoms with Gasteiger partial charge in [-0.3, -0.25) is 0 Å². The van der Waals surface area contributed by atoms with Crippen molar-refractivity contribution in [2.75, 3.05) is 0 Å². The van der Waals surface area contributed by atoms with Crippen LogP contribution in [0.3, 0.4) is 0 Å². The fourth-order valence-corrected chi connectivity index (χ4v) is 3.96. The Hall–Kier alpha value is -3.07. The van der Waals surface area contributed by atoms with Crippen LogP contribution in [0.15, 0.2) is 72.8 Å². The van der Waals surface area contributed by atoms with E-state index < -0.39 is 17.5 Å². The number of benzene rings is 4. The zero-order valence-corrected chi connectivity index (χ0v) is 17.6. The Bertz CT molecular complexity index is 1180. The molecule has 0 fully saturated rings. The van der Waals surface area contributed by atoms with E-state index in [0.29, 0.717) is 5.39 Å². The molecular weight excluding hydrogens is 393 g/mol. The molecule has 0 unspecified atom stereocenters. The monoisotopic (exact) mass is 418 g/mol. The van der Waals surface area contributed by atoms with E-state index in [9.17, 15) is 13.2 Å². The van der Waals surface area contributed by atoms with E-state index in [-0.39, 0.29) is 5.39 Å². The highest BCUT2D eigenvalue weighted by molar-refractivity contribution is 5.88. The molecule has 4 rings (SSSR count). The van der Waals surface area contributed by atoms with Crippen molar-refractivity contribution in [1.29, 1.82) is 0 Å². The van der Waals surface area contributed by atoms with Gasteiger partial charge in [0.15, 0.2) is 17.5 Å². The summed E-state index contributed by atoms with van der Waals surface area (Å²) in [6.45, 7) is 2.22. The first-order valence-corrected chi connectivity index (χ1v) is 10.8. The highest BCUT2D eigenvalue weighted by Gasteiger charge is 2.14. The van der Waals surface area contributed by atoms with Crippen LogP contribution >= 0.6 is 0 Å². The second-order valence-corrected chi connectivity index (χ2v) is 8.01. The molecule has 0 aliphatic rings. The molecule has 31 heavy (non-hydrogen) atoms. The molecule has 4 aromatic carbocycles. The molecule has 0 saturated carbocycles. The van der Waals surface area contributed by atoms with Gasteiger partial charge in [-0.25, -0.2) is 13.2 Å². The Labute approximate surface area is 181 Å². The van der Waals surface area contributed by atoms with Crippen molar-refractivity contribution in [3.8, 4) is 22.3 Å². The Morgan fingerprint density at radius 1 is 0.581 bits per heavy atom. The number of halogens is 3. The summed E-state index contributed by atoms with van der Waals surface area (Å²) < 4.78 is 41.0. The average molecular weight is 419 g/mol. The summed E-state index contributed by atoms with van der Waals surface area (Å²) in [5.41, 5.74) is 5.39. The molecule has 0 radical (unpaired) electrons. The van der Waals surface area contributed by atoms with Gasteiger partial charge in [0.1, 0.15) is 0 Å². The standard InChI is InChI=1S/C28H25F3/c1-2-3-4-5-6-19-7-9-20(10-8-19)21-11-13-22(14-12-21)23-15-16-25-24(17-23)18-26(29)28(31)27(25)30/h7-18H,2-6H2,1H3. The van der Waals surface area contributed by atoms with Crippen molar-refractivity contribution in [2.45, 2.75) is 39.0 Å². The van der Waals surface area contributed by atoms with Crippen molar-refractivity contribution in [3.05, 3.63) is 95.8 Å². The van der Waals surface area contributed by atoms with Gasteiger partial charge < -0.3 is 0 Å². The van der Waals surface area contributed by atoms with Crippen LogP contribution in [0, 0.1) is 17.5 Å². The SMILES string of the molecule is CCCCCCc1ccc(-c2ccc(-c3ccc4c(F)c(F)c(F)cc4c3)cc2)cc1. The molecule has 0 aliphatic carbocycles. The number of hydrogen-bond acceptors (Lipinski definition) is 0. The van der Waals surface area contributed by atoms with Crippen molar-refractivity contribution >= 4 is 10.8 Å². The Morgan fingerprint density at radius 2 is 1.16 bits per heavy atom. The van der Waals surface area contributed by atoms with Gasteiger partial charge in [-0.05, 0) is 58.2 Å². The van der Waals surface area contributed by atoms with E-state index >= 15 is 0 Å². The van der Waals surface area contributed by atoms with Crippen LogP contribution in [0.5, 0.6) is 0 Å². The molecule has 0 saturated heterocycles. The summed E-state index contributed by atoms with van der Waals surface area (Å²) in [6.07, 6.45) is 6.17. The molecule has 0 aliphatic heterocycles. The molecule has 158 valence electrons. The van der Waals surface area contributed by atoms with Crippen molar-refractivity contribution in [2.24, 2.45) is 0 Å². The highest BCUT2D eigenvalue weighted by atomic mass is 19.2. The number of aryl methyl sites for hydroxylation is 1. The Morgan fingerprint density at radius 3 is 1.81 bits per heavy atom. The normalized spacial score (nSPS) is 11.2. The summed E-state index contributed by atoms with van der Waals surface area (Å²) in [6, 6.07) is 22.7. The van der Waals surface area contributed by atoms with Crippen molar-refractivity contribution in [3.63, 3.8) is 0 Å². The molecule has 0 heterocycles. The van der Waals surface area contributed by atoms with Crippen LogP contribution in [0.25, 0.3) is 33.0 Å². The number of hydrogen-bond donors (Lipinski definition) is 0.